The summed E-state index contributed by atoms with van der Waals surface area (Å²) in [7, 11) is 7.96. The Morgan fingerprint density at radius 1 is 1.25 bits per heavy atom. The van der Waals surface area contributed by atoms with Gasteiger partial charge in [0.05, 0.1) is 12.7 Å². The van der Waals surface area contributed by atoms with Crippen LogP contribution in [-0.2, 0) is 6.54 Å². The highest BCUT2D eigenvalue weighted by molar-refractivity contribution is 7.80. The first-order chi connectivity index (χ1) is 9.43. The van der Waals surface area contributed by atoms with Crippen LogP contribution in [0.5, 0.6) is 5.75 Å². The largest absolute Gasteiger partial charge is 0.496 e. The maximum absolute atomic E-state index is 5.67. The van der Waals surface area contributed by atoms with E-state index in [0.717, 1.165) is 37.4 Å². The monoisotopic (exact) mass is 295 g/mol. The highest BCUT2D eigenvalue weighted by Gasteiger charge is 2.08. The lowest BCUT2D eigenvalue weighted by atomic mass is 10.1. The molecule has 112 valence electrons. The third-order valence-corrected chi connectivity index (χ3v) is 3.35. The van der Waals surface area contributed by atoms with Crippen molar-refractivity contribution in [3.63, 3.8) is 0 Å². The summed E-state index contributed by atoms with van der Waals surface area (Å²) in [5, 5.41) is 0. The summed E-state index contributed by atoms with van der Waals surface area (Å²) in [6, 6.07) is 6.00. The van der Waals surface area contributed by atoms with Gasteiger partial charge < -0.3 is 20.3 Å². The average molecular weight is 295 g/mol. The number of ether oxygens (including phenoxy) is 1. The van der Waals surface area contributed by atoms with Crippen LogP contribution in [0.4, 0.5) is 0 Å². The molecule has 0 fully saturated rings. The van der Waals surface area contributed by atoms with Gasteiger partial charge in [0.15, 0.2) is 0 Å². The highest BCUT2D eigenvalue weighted by Crippen LogP contribution is 2.20. The van der Waals surface area contributed by atoms with Crippen LogP contribution >= 0.6 is 12.2 Å². The predicted molar refractivity (Wildman–Crippen MR) is 88.4 cm³/mol. The number of nitrogens with zero attached hydrogens (tertiary/aromatic N) is 2. The maximum Gasteiger partial charge on any atom is 0.129 e. The topological polar surface area (TPSA) is 41.7 Å². The molecule has 0 atom stereocenters. The van der Waals surface area contributed by atoms with E-state index in [-0.39, 0.29) is 0 Å². The smallest absolute Gasteiger partial charge is 0.129 e. The van der Waals surface area contributed by atoms with E-state index >= 15 is 0 Å². The van der Waals surface area contributed by atoms with Crippen molar-refractivity contribution in [3.8, 4) is 5.75 Å². The number of thiocarbonyl (C=S) groups is 1. The fourth-order valence-corrected chi connectivity index (χ4v) is 2.25. The molecule has 1 aromatic carbocycles. The molecule has 1 rings (SSSR count). The molecule has 0 heterocycles. The van der Waals surface area contributed by atoms with Gasteiger partial charge in [-0.05, 0) is 58.3 Å². The second kappa shape index (κ2) is 8.19. The summed E-state index contributed by atoms with van der Waals surface area (Å²) in [6.45, 7) is 3.06. The molecule has 20 heavy (non-hydrogen) atoms. The predicted octanol–water partition coefficient (Wildman–Crippen LogP) is 1.71. The van der Waals surface area contributed by atoms with Gasteiger partial charge in [0.25, 0.3) is 0 Å². The molecule has 0 aliphatic rings. The molecule has 4 nitrogen and oxygen atoms in total. The zero-order valence-corrected chi connectivity index (χ0v) is 13.7. The molecule has 0 aliphatic heterocycles. The molecule has 0 bridgehead atoms. The lowest BCUT2D eigenvalue weighted by molar-refractivity contribution is 0.294. The van der Waals surface area contributed by atoms with Crippen molar-refractivity contribution in [1.82, 2.24) is 9.80 Å². The van der Waals surface area contributed by atoms with Crippen molar-refractivity contribution in [2.75, 3.05) is 41.3 Å². The van der Waals surface area contributed by atoms with Gasteiger partial charge in [-0.15, -0.1) is 0 Å². The van der Waals surface area contributed by atoms with Crippen molar-refractivity contribution in [1.29, 1.82) is 0 Å². The SMILES string of the molecule is COc1cc(CN(C)CCCN(C)C)ccc1C(N)=S. The minimum Gasteiger partial charge on any atom is -0.496 e. The first-order valence-corrected chi connectivity index (χ1v) is 7.15. The highest BCUT2D eigenvalue weighted by atomic mass is 32.1. The van der Waals surface area contributed by atoms with Crippen LogP contribution in [0.1, 0.15) is 17.5 Å². The summed E-state index contributed by atoms with van der Waals surface area (Å²) in [6.07, 6.45) is 1.16. The molecular formula is C15H25N3OS. The van der Waals surface area contributed by atoms with Crippen LogP contribution < -0.4 is 10.5 Å². The Morgan fingerprint density at radius 3 is 2.50 bits per heavy atom. The summed E-state index contributed by atoms with van der Waals surface area (Å²) >= 11 is 5.01. The molecule has 0 aliphatic carbocycles. The fraction of sp³-hybridized carbons (Fsp3) is 0.533. The van der Waals surface area contributed by atoms with E-state index < -0.39 is 0 Å². The number of hydrogen-bond acceptors (Lipinski definition) is 4. The van der Waals surface area contributed by atoms with Crippen LogP contribution in [0.3, 0.4) is 0 Å². The lowest BCUT2D eigenvalue weighted by Gasteiger charge is -2.19. The molecular weight excluding hydrogens is 270 g/mol. The van der Waals surface area contributed by atoms with Gasteiger partial charge >= 0.3 is 0 Å². The molecule has 0 radical (unpaired) electrons. The minimum absolute atomic E-state index is 0.368. The summed E-state index contributed by atoms with van der Waals surface area (Å²) in [5.41, 5.74) is 7.67. The zero-order valence-electron chi connectivity index (χ0n) is 12.8. The molecule has 0 spiro atoms. The fourth-order valence-electron chi connectivity index (χ4n) is 2.09. The zero-order chi connectivity index (χ0) is 15.1. The third kappa shape index (κ3) is 5.45. The van der Waals surface area contributed by atoms with E-state index in [2.05, 4.69) is 37.0 Å². The van der Waals surface area contributed by atoms with Gasteiger partial charge in [0.1, 0.15) is 10.7 Å². The van der Waals surface area contributed by atoms with Crippen LogP contribution in [0.15, 0.2) is 18.2 Å². The summed E-state index contributed by atoms with van der Waals surface area (Å²) < 4.78 is 5.35. The molecule has 0 saturated carbocycles. The Hall–Kier alpha value is -1.17. The molecule has 0 aromatic heterocycles. The number of hydrogen-bond donors (Lipinski definition) is 1. The second-order valence-electron chi connectivity index (χ2n) is 5.29. The van der Waals surface area contributed by atoms with Crippen molar-refractivity contribution < 1.29 is 4.74 Å². The standard InChI is InChI=1S/C15H25N3OS/c1-17(2)8-5-9-18(3)11-12-6-7-13(15(16)20)14(10-12)19-4/h6-7,10H,5,8-9,11H2,1-4H3,(H2,16,20). The Bertz CT molecular complexity index is 449. The van der Waals surface area contributed by atoms with E-state index in [1.54, 1.807) is 7.11 Å². The van der Waals surface area contributed by atoms with Crippen LogP contribution in [0.2, 0.25) is 0 Å². The number of benzene rings is 1. The molecule has 5 heteroatoms. The van der Waals surface area contributed by atoms with E-state index in [1.165, 1.54) is 5.56 Å². The average Bonchev–Trinajstić information content (AvgIpc) is 2.37. The third-order valence-electron chi connectivity index (χ3n) is 3.13. The number of nitrogens with two attached hydrogens (primary N) is 1. The van der Waals surface area contributed by atoms with E-state index in [0.29, 0.717) is 4.99 Å². The maximum atomic E-state index is 5.67. The summed E-state index contributed by atoms with van der Waals surface area (Å²) in [4.78, 5) is 4.87. The van der Waals surface area contributed by atoms with Gasteiger partial charge in [-0.3, -0.25) is 0 Å². The van der Waals surface area contributed by atoms with E-state index in [9.17, 15) is 0 Å². The molecule has 0 amide bonds. The Labute approximate surface area is 127 Å². The first kappa shape index (κ1) is 16.9. The van der Waals surface area contributed by atoms with Crippen molar-refractivity contribution in [2.24, 2.45) is 5.73 Å². The Kier molecular flexibility index (Phi) is 6.91. The van der Waals surface area contributed by atoms with Gasteiger partial charge in [-0.25, -0.2) is 0 Å². The number of rotatable bonds is 8. The van der Waals surface area contributed by atoms with Gasteiger partial charge in [0.2, 0.25) is 0 Å². The molecule has 0 saturated heterocycles. The summed E-state index contributed by atoms with van der Waals surface area (Å²) in [5.74, 6) is 0.747. The van der Waals surface area contributed by atoms with Crippen LogP contribution in [0, 0.1) is 0 Å². The van der Waals surface area contributed by atoms with Gasteiger partial charge in [-0.1, -0.05) is 18.3 Å². The normalized spacial score (nSPS) is 11.1. The van der Waals surface area contributed by atoms with Crippen molar-refractivity contribution in [2.45, 2.75) is 13.0 Å². The van der Waals surface area contributed by atoms with Crippen LogP contribution in [-0.4, -0.2) is 56.1 Å². The quantitative estimate of drug-likeness (QED) is 0.740. The molecule has 0 unspecified atom stereocenters. The second-order valence-corrected chi connectivity index (χ2v) is 5.73. The Morgan fingerprint density at radius 2 is 1.95 bits per heavy atom. The van der Waals surface area contributed by atoms with Crippen LogP contribution in [0.25, 0.3) is 0 Å². The first-order valence-electron chi connectivity index (χ1n) is 6.74. The van der Waals surface area contributed by atoms with E-state index in [1.807, 2.05) is 12.1 Å². The Balaban J connectivity index is 2.61. The van der Waals surface area contributed by atoms with Gasteiger partial charge in [-0.2, -0.15) is 0 Å². The van der Waals surface area contributed by atoms with Crippen molar-refractivity contribution in [3.05, 3.63) is 29.3 Å². The van der Waals surface area contributed by atoms with E-state index in [4.69, 9.17) is 22.7 Å². The van der Waals surface area contributed by atoms with Crippen molar-refractivity contribution >= 4 is 17.2 Å². The molecule has 1 aromatic rings. The number of methoxy groups -OCH3 is 1. The lowest BCUT2D eigenvalue weighted by Crippen LogP contribution is -2.23. The molecule has 2 N–H and O–H groups in total. The van der Waals surface area contributed by atoms with Gasteiger partial charge in [0, 0.05) is 6.54 Å². The minimum atomic E-state index is 0.368.